The Labute approximate surface area is 163 Å². The normalized spacial score (nSPS) is 10.5. The van der Waals surface area contributed by atoms with Gasteiger partial charge in [-0.1, -0.05) is 19.9 Å². The van der Waals surface area contributed by atoms with Gasteiger partial charge in [0.25, 0.3) is 11.8 Å². The molecule has 6 nitrogen and oxygen atoms in total. The second-order valence-corrected chi connectivity index (χ2v) is 6.70. The average Bonchev–Trinajstić information content (AvgIpc) is 2.67. The van der Waals surface area contributed by atoms with E-state index in [1.165, 1.54) is 6.07 Å². The van der Waals surface area contributed by atoms with E-state index >= 15 is 0 Å². The molecule has 3 N–H and O–H groups in total. The van der Waals surface area contributed by atoms with E-state index in [9.17, 15) is 18.8 Å². The van der Waals surface area contributed by atoms with Crippen molar-refractivity contribution in [2.45, 2.75) is 20.8 Å². The first kappa shape index (κ1) is 21.1. The quantitative estimate of drug-likeness (QED) is 0.641. The van der Waals surface area contributed by atoms with E-state index in [-0.39, 0.29) is 36.4 Å². The number of anilines is 1. The van der Waals surface area contributed by atoms with Gasteiger partial charge in [-0.15, -0.1) is 0 Å². The molecule has 0 saturated carbocycles. The summed E-state index contributed by atoms with van der Waals surface area (Å²) in [6, 6.07) is 10.8. The van der Waals surface area contributed by atoms with Crippen molar-refractivity contribution in [1.29, 1.82) is 0 Å². The Morgan fingerprint density at radius 2 is 1.43 bits per heavy atom. The van der Waals surface area contributed by atoms with Crippen molar-refractivity contribution in [3.05, 3.63) is 65.0 Å². The van der Waals surface area contributed by atoms with E-state index in [0.717, 1.165) is 0 Å². The van der Waals surface area contributed by atoms with Crippen LogP contribution in [0.15, 0.2) is 42.5 Å². The summed E-state index contributed by atoms with van der Waals surface area (Å²) in [5.74, 6) is -1.36. The molecular weight excluding hydrogens is 361 g/mol. The molecule has 148 valence electrons. The fourth-order valence-electron chi connectivity index (χ4n) is 2.28. The third-order valence-corrected chi connectivity index (χ3v) is 4.07. The molecule has 0 spiro atoms. The topological polar surface area (TPSA) is 87.3 Å². The van der Waals surface area contributed by atoms with Gasteiger partial charge in [-0.2, -0.15) is 0 Å². The van der Waals surface area contributed by atoms with Gasteiger partial charge in [-0.05, 0) is 48.9 Å². The largest absolute Gasteiger partial charge is 0.350 e. The van der Waals surface area contributed by atoms with Gasteiger partial charge in [0.15, 0.2) is 0 Å². The van der Waals surface area contributed by atoms with Gasteiger partial charge in [0, 0.05) is 35.8 Å². The Bertz CT molecular complexity index is 864. The van der Waals surface area contributed by atoms with E-state index in [2.05, 4.69) is 16.0 Å². The van der Waals surface area contributed by atoms with Gasteiger partial charge < -0.3 is 16.0 Å². The average molecular weight is 385 g/mol. The maximum absolute atomic E-state index is 13.5. The number of carbonyl (C=O) groups is 3. The van der Waals surface area contributed by atoms with Crippen molar-refractivity contribution in [2.75, 3.05) is 18.4 Å². The van der Waals surface area contributed by atoms with Crippen LogP contribution in [-0.2, 0) is 4.79 Å². The highest BCUT2D eigenvalue weighted by molar-refractivity contribution is 5.96. The fraction of sp³-hybridized carbons (Fsp3) is 0.286. The second-order valence-electron chi connectivity index (χ2n) is 6.70. The van der Waals surface area contributed by atoms with Crippen molar-refractivity contribution in [3.8, 4) is 0 Å². The Balaban J connectivity index is 1.78. The van der Waals surface area contributed by atoms with E-state index in [0.29, 0.717) is 16.8 Å². The molecule has 0 aliphatic carbocycles. The Morgan fingerprint density at radius 1 is 0.893 bits per heavy atom. The van der Waals surface area contributed by atoms with Crippen LogP contribution in [0.5, 0.6) is 0 Å². The van der Waals surface area contributed by atoms with E-state index in [1.807, 2.05) is 0 Å². The number of carbonyl (C=O) groups excluding carboxylic acids is 3. The standard InChI is InChI=1S/C21H24FN3O3/c1-13(2)19(26)25-17-8-6-15(7-9-17)20(27)23-10-11-24-21(28)16-5-4-14(3)18(22)12-16/h4-9,12-13H,10-11H2,1-3H3,(H,23,27)(H,24,28)(H,25,26). The fourth-order valence-corrected chi connectivity index (χ4v) is 2.28. The van der Waals surface area contributed by atoms with Crippen LogP contribution in [0.4, 0.5) is 10.1 Å². The highest BCUT2D eigenvalue weighted by Crippen LogP contribution is 2.11. The zero-order chi connectivity index (χ0) is 20.7. The summed E-state index contributed by atoms with van der Waals surface area (Å²) >= 11 is 0. The predicted octanol–water partition coefficient (Wildman–Crippen LogP) is 2.89. The molecule has 0 aliphatic rings. The third kappa shape index (κ3) is 5.90. The molecule has 0 aliphatic heterocycles. The lowest BCUT2D eigenvalue weighted by atomic mass is 10.1. The van der Waals surface area contributed by atoms with Crippen LogP contribution >= 0.6 is 0 Å². The van der Waals surface area contributed by atoms with Crippen LogP contribution in [0.3, 0.4) is 0 Å². The molecular formula is C21H24FN3O3. The molecule has 3 amide bonds. The lowest BCUT2D eigenvalue weighted by Gasteiger charge is -2.10. The van der Waals surface area contributed by atoms with Crippen LogP contribution in [0, 0.1) is 18.7 Å². The first-order valence-corrected chi connectivity index (χ1v) is 9.01. The summed E-state index contributed by atoms with van der Waals surface area (Å²) in [6.45, 7) is 5.65. The lowest BCUT2D eigenvalue weighted by Crippen LogP contribution is -2.34. The summed E-state index contributed by atoms with van der Waals surface area (Å²) in [6.07, 6.45) is 0. The first-order chi connectivity index (χ1) is 13.3. The maximum atomic E-state index is 13.5. The molecule has 2 rings (SSSR count). The van der Waals surface area contributed by atoms with Crippen LogP contribution in [0.1, 0.15) is 40.1 Å². The molecule has 0 aromatic heterocycles. The van der Waals surface area contributed by atoms with Crippen LogP contribution < -0.4 is 16.0 Å². The van der Waals surface area contributed by atoms with Gasteiger partial charge in [0.2, 0.25) is 5.91 Å². The monoisotopic (exact) mass is 385 g/mol. The zero-order valence-electron chi connectivity index (χ0n) is 16.1. The summed E-state index contributed by atoms with van der Waals surface area (Å²) in [7, 11) is 0. The van der Waals surface area contributed by atoms with Crippen molar-refractivity contribution in [3.63, 3.8) is 0 Å². The summed E-state index contributed by atoms with van der Waals surface area (Å²) in [4.78, 5) is 35.7. The van der Waals surface area contributed by atoms with E-state index < -0.39 is 11.7 Å². The smallest absolute Gasteiger partial charge is 0.251 e. The Morgan fingerprint density at radius 3 is 1.96 bits per heavy atom. The minimum absolute atomic E-state index is 0.0959. The minimum atomic E-state index is -0.436. The second kappa shape index (κ2) is 9.64. The molecule has 0 saturated heterocycles. The number of amides is 3. The molecule has 0 radical (unpaired) electrons. The number of hydrogen-bond acceptors (Lipinski definition) is 3. The lowest BCUT2D eigenvalue weighted by molar-refractivity contribution is -0.118. The number of benzene rings is 2. The predicted molar refractivity (Wildman–Crippen MR) is 106 cm³/mol. The Kier molecular flexibility index (Phi) is 7.26. The van der Waals surface area contributed by atoms with Crippen molar-refractivity contribution in [2.24, 2.45) is 5.92 Å². The summed E-state index contributed by atoms with van der Waals surface area (Å²) in [5.41, 5.74) is 1.76. The molecule has 2 aromatic carbocycles. The number of hydrogen-bond donors (Lipinski definition) is 3. The number of aryl methyl sites for hydroxylation is 1. The highest BCUT2D eigenvalue weighted by Gasteiger charge is 2.10. The molecule has 2 aromatic rings. The molecule has 0 unspecified atom stereocenters. The van der Waals surface area contributed by atoms with Gasteiger partial charge in [-0.25, -0.2) is 4.39 Å². The van der Waals surface area contributed by atoms with E-state index in [4.69, 9.17) is 0 Å². The van der Waals surface area contributed by atoms with Gasteiger partial charge >= 0.3 is 0 Å². The first-order valence-electron chi connectivity index (χ1n) is 9.01. The SMILES string of the molecule is Cc1ccc(C(=O)NCCNC(=O)c2ccc(NC(=O)C(C)C)cc2)cc1F. The van der Waals surface area contributed by atoms with Crippen molar-refractivity contribution >= 4 is 23.4 Å². The van der Waals surface area contributed by atoms with Crippen LogP contribution in [-0.4, -0.2) is 30.8 Å². The Hall–Kier alpha value is -3.22. The van der Waals surface area contributed by atoms with Crippen molar-refractivity contribution in [1.82, 2.24) is 10.6 Å². The number of rotatable bonds is 7. The highest BCUT2D eigenvalue weighted by atomic mass is 19.1. The third-order valence-electron chi connectivity index (χ3n) is 4.07. The molecule has 0 atom stereocenters. The molecule has 0 heterocycles. The molecule has 7 heteroatoms. The molecule has 0 fully saturated rings. The number of halogens is 1. The van der Waals surface area contributed by atoms with Gasteiger partial charge in [-0.3, -0.25) is 14.4 Å². The van der Waals surface area contributed by atoms with Gasteiger partial charge in [0.1, 0.15) is 5.82 Å². The van der Waals surface area contributed by atoms with Crippen LogP contribution in [0.2, 0.25) is 0 Å². The number of nitrogens with one attached hydrogen (secondary N) is 3. The summed E-state index contributed by atoms with van der Waals surface area (Å²) < 4.78 is 13.5. The molecule has 0 bridgehead atoms. The maximum Gasteiger partial charge on any atom is 0.251 e. The van der Waals surface area contributed by atoms with Gasteiger partial charge in [0.05, 0.1) is 0 Å². The van der Waals surface area contributed by atoms with Crippen molar-refractivity contribution < 1.29 is 18.8 Å². The van der Waals surface area contributed by atoms with E-state index in [1.54, 1.807) is 57.2 Å². The zero-order valence-corrected chi connectivity index (χ0v) is 16.1. The minimum Gasteiger partial charge on any atom is -0.350 e. The van der Waals surface area contributed by atoms with Crippen LogP contribution in [0.25, 0.3) is 0 Å². The molecule has 28 heavy (non-hydrogen) atoms. The summed E-state index contributed by atoms with van der Waals surface area (Å²) in [5, 5.41) is 8.07.